The highest BCUT2D eigenvalue weighted by Gasteiger charge is 2.24. The van der Waals surface area contributed by atoms with Gasteiger partial charge in [0.1, 0.15) is 18.1 Å². The van der Waals surface area contributed by atoms with E-state index in [0.717, 1.165) is 30.9 Å². The third kappa shape index (κ3) is 3.21. The lowest BCUT2D eigenvalue weighted by molar-refractivity contribution is 0.131. The quantitative estimate of drug-likeness (QED) is 0.758. The lowest BCUT2D eigenvalue weighted by atomic mass is 10.0. The van der Waals surface area contributed by atoms with Crippen LogP contribution in [0.3, 0.4) is 0 Å². The average Bonchev–Trinajstić information content (AvgIpc) is 2.46. The van der Waals surface area contributed by atoms with E-state index < -0.39 is 0 Å². The van der Waals surface area contributed by atoms with E-state index in [9.17, 15) is 0 Å². The molecule has 1 atom stereocenters. The Hall–Kier alpha value is -1.66. The van der Waals surface area contributed by atoms with Gasteiger partial charge in [0.05, 0.1) is 13.7 Å². The summed E-state index contributed by atoms with van der Waals surface area (Å²) in [5.74, 6) is 4.59. The third-order valence-electron chi connectivity index (χ3n) is 3.48. The van der Waals surface area contributed by atoms with Crippen LogP contribution < -0.4 is 9.47 Å². The number of ether oxygens (including phenoxy) is 2. The monoisotopic (exact) mass is 259 g/mol. The highest BCUT2D eigenvalue weighted by Crippen LogP contribution is 2.30. The van der Waals surface area contributed by atoms with Gasteiger partial charge in [-0.1, -0.05) is 12.8 Å². The summed E-state index contributed by atoms with van der Waals surface area (Å²) in [7, 11) is 1.69. The molecule has 0 radical (unpaired) electrons. The summed E-state index contributed by atoms with van der Waals surface area (Å²) in [6, 6.07) is 6.33. The molecule has 1 heterocycles. The van der Waals surface area contributed by atoms with E-state index >= 15 is 0 Å². The van der Waals surface area contributed by atoms with Crippen molar-refractivity contribution in [2.45, 2.75) is 25.8 Å². The fourth-order valence-corrected chi connectivity index (χ4v) is 2.51. The van der Waals surface area contributed by atoms with E-state index in [4.69, 9.17) is 15.9 Å². The lowest BCUT2D eigenvalue weighted by Gasteiger charge is -2.33. The van der Waals surface area contributed by atoms with E-state index in [1.165, 1.54) is 5.56 Å². The second-order valence-corrected chi connectivity index (χ2v) is 4.82. The maximum Gasteiger partial charge on any atom is 0.122 e. The van der Waals surface area contributed by atoms with Gasteiger partial charge in [-0.15, -0.1) is 6.42 Å². The molecule has 0 fully saturated rings. The van der Waals surface area contributed by atoms with Crippen LogP contribution in [0, 0.1) is 12.3 Å². The maximum absolute atomic E-state index is 5.84. The normalized spacial score (nSPS) is 17.5. The molecule has 0 amide bonds. The first-order valence-corrected chi connectivity index (χ1v) is 6.75. The molecule has 3 nitrogen and oxygen atoms in total. The second-order valence-electron chi connectivity index (χ2n) is 4.82. The zero-order valence-electron chi connectivity index (χ0n) is 11.7. The number of benzene rings is 1. The van der Waals surface area contributed by atoms with Crippen molar-refractivity contribution in [3.63, 3.8) is 0 Å². The van der Waals surface area contributed by atoms with Crippen molar-refractivity contribution in [1.82, 2.24) is 4.90 Å². The van der Waals surface area contributed by atoms with Crippen molar-refractivity contribution in [3.05, 3.63) is 23.8 Å². The lowest BCUT2D eigenvalue weighted by Crippen LogP contribution is -2.43. The van der Waals surface area contributed by atoms with Crippen LogP contribution in [-0.4, -0.2) is 37.7 Å². The Morgan fingerprint density at radius 2 is 2.37 bits per heavy atom. The third-order valence-corrected chi connectivity index (χ3v) is 3.48. The molecule has 1 aromatic carbocycles. The summed E-state index contributed by atoms with van der Waals surface area (Å²) in [5, 5.41) is 0. The molecule has 0 bridgehead atoms. The molecule has 1 aromatic rings. The molecular weight excluding hydrogens is 238 g/mol. The number of hydrogen-bond acceptors (Lipinski definition) is 3. The molecule has 2 rings (SSSR count). The van der Waals surface area contributed by atoms with E-state index in [2.05, 4.69) is 23.8 Å². The van der Waals surface area contributed by atoms with Crippen molar-refractivity contribution >= 4 is 0 Å². The minimum atomic E-state index is 0.357. The van der Waals surface area contributed by atoms with Crippen molar-refractivity contribution in [1.29, 1.82) is 0 Å². The number of methoxy groups -OCH3 is 1. The fraction of sp³-hybridized carbons (Fsp3) is 0.500. The largest absolute Gasteiger partial charge is 0.497 e. The van der Waals surface area contributed by atoms with Gasteiger partial charge in [0.15, 0.2) is 0 Å². The highest BCUT2D eigenvalue weighted by molar-refractivity contribution is 5.42. The smallest absolute Gasteiger partial charge is 0.122 e. The van der Waals surface area contributed by atoms with Gasteiger partial charge in [0.2, 0.25) is 0 Å². The van der Waals surface area contributed by atoms with E-state index in [0.29, 0.717) is 19.2 Å². The summed E-state index contributed by atoms with van der Waals surface area (Å²) in [4.78, 5) is 2.32. The molecule has 0 saturated carbocycles. The van der Waals surface area contributed by atoms with Gasteiger partial charge in [0.25, 0.3) is 0 Å². The van der Waals surface area contributed by atoms with Gasteiger partial charge in [-0.25, -0.2) is 0 Å². The van der Waals surface area contributed by atoms with Crippen molar-refractivity contribution in [3.8, 4) is 23.8 Å². The molecule has 0 unspecified atom stereocenters. The fourth-order valence-electron chi connectivity index (χ4n) is 2.51. The Morgan fingerprint density at radius 3 is 3.05 bits per heavy atom. The number of rotatable bonds is 5. The number of terminal acetylenes is 1. The minimum Gasteiger partial charge on any atom is -0.497 e. The predicted molar refractivity (Wildman–Crippen MR) is 76.7 cm³/mol. The van der Waals surface area contributed by atoms with Crippen molar-refractivity contribution < 1.29 is 9.47 Å². The average molecular weight is 259 g/mol. The molecular formula is C16H21NO2. The first kappa shape index (κ1) is 13.8. The Labute approximate surface area is 115 Å². The van der Waals surface area contributed by atoms with Crippen molar-refractivity contribution in [2.24, 2.45) is 0 Å². The van der Waals surface area contributed by atoms with Crippen molar-refractivity contribution in [2.75, 3.05) is 26.8 Å². The van der Waals surface area contributed by atoms with E-state index in [-0.39, 0.29) is 0 Å². The summed E-state index contributed by atoms with van der Waals surface area (Å²) in [6.45, 7) is 4.57. The van der Waals surface area contributed by atoms with Crippen LogP contribution in [0.25, 0.3) is 0 Å². The molecule has 0 aliphatic carbocycles. The molecule has 0 saturated heterocycles. The van der Waals surface area contributed by atoms with Gasteiger partial charge in [-0.2, -0.15) is 0 Å². The van der Waals surface area contributed by atoms with Crippen LogP contribution >= 0.6 is 0 Å². The Balaban J connectivity index is 2.13. The zero-order chi connectivity index (χ0) is 13.7. The van der Waals surface area contributed by atoms with Crippen LogP contribution in [0.2, 0.25) is 0 Å². The van der Waals surface area contributed by atoms with Crippen LogP contribution in [0.4, 0.5) is 0 Å². The highest BCUT2D eigenvalue weighted by atomic mass is 16.5. The van der Waals surface area contributed by atoms with Gasteiger partial charge in [0, 0.05) is 6.04 Å². The minimum absolute atomic E-state index is 0.357. The van der Waals surface area contributed by atoms with Crippen LogP contribution in [-0.2, 0) is 6.42 Å². The SMILES string of the molecule is C#CCN(CCC)[C@H]1COc2ccc(OC)cc2C1. The summed E-state index contributed by atoms with van der Waals surface area (Å²) < 4.78 is 11.1. The zero-order valence-corrected chi connectivity index (χ0v) is 11.7. The standard InChI is InChI=1S/C16H21NO2/c1-4-8-17(9-5-2)14-10-13-11-15(18-3)6-7-16(13)19-12-14/h1,6-7,11,14H,5,8-10,12H2,2-3H3/t14-/m1/s1. The molecule has 102 valence electrons. The van der Waals surface area contributed by atoms with E-state index in [1.807, 2.05) is 12.1 Å². The van der Waals surface area contributed by atoms with Gasteiger partial charge in [-0.05, 0) is 43.1 Å². The molecule has 1 aliphatic heterocycles. The summed E-state index contributed by atoms with van der Waals surface area (Å²) >= 11 is 0. The molecule has 1 aliphatic rings. The first-order valence-electron chi connectivity index (χ1n) is 6.75. The Kier molecular flexibility index (Phi) is 4.70. The molecule has 0 aromatic heterocycles. The van der Waals surface area contributed by atoms with Crippen LogP contribution in [0.5, 0.6) is 11.5 Å². The van der Waals surface area contributed by atoms with Gasteiger partial charge < -0.3 is 9.47 Å². The van der Waals surface area contributed by atoms with Crippen LogP contribution in [0.1, 0.15) is 18.9 Å². The van der Waals surface area contributed by atoms with Gasteiger partial charge >= 0.3 is 0 Å². The Bertz CT molecular complexity index is 464. The number of nitrogens with zero attached hydrogens (tertiary/aromatic N) is 1. The molecule has 19 heavy (non-hydrogen) atoms. The number of fused-ring (bicyclic) bond motifs is 1. The van der Waals surface area contributed by atoms with Gasteiger partial charge in [-0.3, -0.25) is 4.90 Å². The summed E-state index contributed by atoms with van der Waals surface area (Å²) in [5.41, 5.74) is 1.20. The molecule has 3 heteroatoms. The molecule has 0 spiro atoms. The summed E-state index contributed by atoms with van der Waals surface area (Å²) in [6.07, 6.45) is 7.52. The Morgan fingerprint density at radius 1 is 1.53 bits per heavy atom. The maximum atomic E-state index is 5.84. The first-order chi connectivity index (χ1) is 9.28. The molecule has 0 N–H and O–H groups in total. The van der Waals surface area contributed by atoms with E-state index in [1.54, 1.807) is 7.11 Å². The number of hydrogen-bond donors (Lipinski definition) is 0. The predicted octanol–water partition coefficient (Wildman–Crippen LogP) is 2.34. The second kappa shape index (κ2) is 6.49. The van der Waals surface area contributed by atoms with Crippen LogP contribution in [0.15, 0.2) is 18.2 Å². The topological polar surface area (TPSA) is 21.7 Å².